The molecule has 0 bridgehead atoms. The molecular formula is C17H29F12N5O8S4. The Balaban J connectivity index is -0.000000559. The van der Waals surface area contributed by atoms with E-state index in [1.54, 1.807) is 0 Å². The van der Waals surface area contributed by atoms with Gasteiger partial charge in [0.2, 0.25) is 6.33 Å². The van der Waals surface area contributed by atoms with E-state index in [0.29, 0.717) is 0 Å². The average molecular weight is 788 g/mol. The number of rotatable bonds is 10. The summed E-state index contributed by atoms with van der Waals surface area (Å²) in [6.45, 7) is 13.5. The molecule has 0 unspecified atom stereocenters. The molecule has 46 heavy (non-hydrogen) atoms. The van der Waals surface area contributed by atoms with Gasteiger partial charge in [-0.05, 0) is 26.1 Å². The van der Waals surface area contributed by atoms with E-state index in [1.165, 1.54) is 32.5 Å². The zero-order chi connectivity index (χ0) is 37.6. The molecule has 1 aromatic rings. The number of alkyl halides is 12. The number of aromatic nitrogens is 2. The summed E-state index contributed by atoms with van der Waals surface area (Å²) in [5.74, 6) is 0. The predicted molar refractivity (Wildman–Crippen MR) is 136 cm³/mol. The van der Waals surface area contributed by atoms with E-state index in [-0.39, 0.29) is 0 Å². The van der Waals surface area contributed by atoms with Crippen molar-refractivity contribution in [2.24, 2.45) is 0 Å². The Morgan fingerprint density at radius 2 is 1.00 bits per heavy atom. The standard InChI is InChI=1S/C7H12N2.C6H15N.C2HF6NO4S2.C2F6NO4S2/c1-2-3-5-9-6-4-8-7-9;1-4-7(5-2)6-3;2*3-1(4,5)14(10,11)9-15(12,13)2(6,7)8/h4,6-7H,2-3,5H2,1H3;4-6H2,1-3H3;9H;/q;;;-1/p+1. The lowest BCUT2D eigenvalue weighted by atomic mass is 10.3. The topological polar surface area (TPSA) is 186 Å². The predicted octanol–water partition coefficient (Wildman–Crippen LogP) is 3.78. The molecule has 0 aromatic carbocycles. The van der Waals surface area contributed by atoms with Crippen LogP contribution in [0.5, 0.6) is 0 Å². The number of sulfonamides is 4. The van der Waals surface area contributed by atoms with Crippen molar-refractivity contribution in [2.75, 3.05) is 19.6 Å². The summed E-state index contributed by atoms with van der Waals surface area (Å²) >= 11 is 0. The Morgan fingerprint density at radius 1 is 0.652 bits per heavy atom. The first-order valence-electron chi connectivity index (χ1n) is 11.7. The van der Waals surface area contributed by atoms with E-state index in [9.17, 15) is 86.4 Å². The summed E-state index contributed by atoms with van der Waals surface area (Å²) in [6, 6.07) is 0. The van der Waals surface area contributed by atoms with Gasteiger partial charge < -0.3 is 9.03 Å². The van der Waals surface area contributed by atoms with Crippen molar-refractivity contribution >= 4 is 40.1 Å². The minimum Gasteiger partial charge on any atom is -0.421 e. The van der Waals surface area contributed by atoms with Crippen LogP contribution in [0.1, 0.15) is 40.5 Å². The molecule has 0 saturated carbocycles. The third-order valence-electron chi connectivity index (χ3n) is 4.32. The van der Waals surface area contributed by atoms with Crippen molar-refractivity contribution in [1.82, 2.24) is 14.0 Å². The number of aryl methyl sites for hydroxylation is 1. The fourth-order valence-corrected chi connectivity index (χ4v) is 5.54. The lowest BCUT2D eigenvalue weighted by Gasteiger charge is -2.22. The molecule has 0 radical (unpaired) electrons. The molecule has 1 aromatic heterocycles. The van der Waals surface area contributed by atoms with Gasteiger partial charge in [0.15, 0.2) is 20.0 Å². The van der Waals surface area contributed by atoms with E-state index in [4.69, 9.17) is 0 Å². The first-order valence-corrected chi connectivity index (χ1v) is 17.6. The van der Waals surface area contributed by atoms with Gasteiger partial charge in [0, 0.05) is 0 Å². The maximum atomic E-state index is 11.5. The van der Waals surface area contributed by atoms with Gasteiger partial charge in [-0.3, -0.25) is 4.98 Å². The molecule has 0 aliphatic carbocycles. The van der Waals surface area contributed by atoms with Crippen LogP contribution in [0.2, 0.25) is 0 Å². The molecule has 0 aliphatic rings. The van der Waals surface area contributed by atoms with Crippen molar-refractivity contribution in [2.45, 2.75) is 69.1 Å². The van der Waals surface area contributed by atoms with Crippen LogP contribution in [0.3, 0.4) is 0 Å². The average Bonchev–Trinajstić information content (AvgIpc) is 3.35. The van der Waals surface area contributed by atoms with Crippen LogP contribution in [0.15, 0.2) is 18.7 Å². The fourth-order valence-electron chi connectivity index (χ4n) is 1.92. The molecule has 1 rings (SSSR count). The number of unbranched alkanes of at least 4 members (excludes halogenated alkanes) is 1. The summed E-state index contributed by atoms with van der Waals surface area (Å²) < 4.78 is 220. The summed E-state index contributed by atoms with van der Waals surface area (Å²) in [6.07, 6.45) is 8.50. The molecule has 0 amide bonds. The van der Waals surface area contributed by atoms with Crippen molar-refractivity contribution < 1.29 is 90.9 Å². The summed E-state index contributed by atoms with van der Waals surface area (Å²) in [5, 5.41) is 0. The van der Waals surface area contributed by atoms with Crippen LogP contribution in [-0.2, 0) is 46.6 Å². The SMILES string of the molecule is CCCC[n+]1cc[nH]c1.CCN(CC)CC.O=S(=O)(NS(=O)(=O)C(F)(F)F)C(F)(F)F.O=S(=O)([N-]S(=O)(=O)C(F)(F)F)C(F)(F)F. The highest BCUT2D eigenvalue weighted by Gasteiger charge is 2.55. The molecule has 278 valence electrons. The van der Waals surface area contributed by atoms with Crippen LogP contribution in [0, 0.1) is 0 Å². The zero-order valence-corrected chi connectivity index (χ0v) is 27.0. The number of nitrogens with zero attached hydrogens (tertiary/aromatic N) is 3. The van der Waals surface area contributed by atoms with Crippen LogP contribution in [-0.4, -0.2) is 85.2 Å². The highest BCUT2D eigenvalue weighted by atomic mass is 32.3. The Hall–Kier alpha value is -1.95. The summed E-state index contributed by atoms with van der Waals surface area (Å²) in [7, 11) is -26.6. The van der Waals surface area contributed by atoms with Gasteiger partial charge in [-0.2, -0.15) is 52.7 Å². The van der Waals surface area contributed by atoms with Gasteiger partial charge in [0.25, 0.3) is 0 Å². The second-order valence-electron chi connectivity index (χ2n) is 7.72. The van der Waals surface area contributed by atoms with Gasteiger partial charge in [0.1, 0.15) is 12.4 Å². The van der Waals surface area contributed by atoms with Gasteiger partial charge >= 0.3 is 42.1 Å². The number of hydrogen-bond donors (Lipinski definition) is 2. The minimum absolute atomic E-state index is 0.493. The van der Waals surface area contributed by atoms with E-state index < -0.39 is 66.3 Å². The van der Waals surface area contributed by atoms with Crippen LogP contribution < -0.4 is 8.69 Å². The van der Waals surface area contributed by atoms with Gasteiger partial charge in [-0.1, -0.05) is 38.2 Å². The lowest BCUT2D eigenvalue weighted by Crippen LogP contribution is -2.45. The summed E-state index contributed by atoms with van der Waals surface area (Å²) in [5.41, 5.74) is -24.7. The van der Waals surface area contributed by atoms with Crippen molar-refractivity contribution in [3.05, 3.63) is 22.8 Å². The maximum Gasteiger partial charge on any atom is 0.512 e. The van der Waals surface area contributed by atoms with E-state index in [1.807, 2.05) is 12.5 Å². The quantitative estimate of drug-likeness (QED) is 0.263. The third-order valence-corrected chi connectivity index (χ3v) is 10.0. The number of H-pyrrole nitrogens is 1. The largest absolute Gasteiger partial charge is 0.512 e. The van der Waals surface area contributed by atoms with Gasteiger partial charge in [-0.25, -0.2) is 38.2 Å². The monoisotopic (exact) mass is 787 g/mol. The first-order chi connectivity index (χ1) is 20.2. The maximum absolute atomic E-state index is 11.5. The first kappa shape index (κ1) is 48.4. The van der Waals surface area contributed by atoms with E-state index in [0.717, 1.165) is 10.7 Å². The zero-order valence-electron chi connectivity index (χ0n) is 23.8. The Bertz CT molecular complexity index is 1260. The molecule has 0 fully saturated rings. The van der Waals surface area contributed by atoms with Crippen LogP contribution in [0.25, 0.3) is 4.13 Å². The molecule has 0 aliphatic heterocycles. The van der Waals surface area contributed by atoms with Crippen molar-refractivity contribution in [3.63, 3.8) is 0 Å². The highest BCUT2D eigenvalue weighted by Crippen LogP contribution is 2.36. The molecule has 0 atom stereocenters. The molecule has 1 heterocycles. The lowest BCUT2D eigenvalue weighted by molar-refractivity contribution is -0.696. The number of nitrogens with one attached hydrogen (secondary N) is 2. The second kappa shape index (κ2) is 18.6. The van der Waals surface area contributed by atoms with Crippen molar-refractivity contribution in [1.29, 1.82) is 0 Å². The number of imidazole rings is 1. The third kappa shape index (κ3) is 17.8. The van der Waals surface area contributed by atoms with Gasteiger partial charge in [-0.15, -0.1) is 0 Å². The molecule has 2 N–H and O–H groups in total. The Morgan fingerprint density at radius 3 is 1.20 bits per heavy atom. The molecular weight excluding hydrogens is 758 g/mol. The number of halogens is 12. The van der Waals surface area contributed by atoms with E-state index >= 15 is 0 Å². The molecule has 0 saturated heterocycles. The number of aromatic amines is 1. The molecule has 29 heteroatoms. The Labute approximate surface area is 256 Å². The van der Waals surface area contributed by atoms with Gasteiger partial charge in [0.05, 0.1) is 6.54 Å². The second-order valence-corrected chi connectivity index (χ2v) is 14.7. The summed E-state index contributed by atoms with van der Waals surface area (Å²) in [4.78, 5) is 5.38. The molecule has 13 nitrogen and oxygen atoms in total. The smallest absolute Gasteiger partial charge is 0.421 e. The highest BCUT2D eigenvalue weighted by molar-refractivity contribution is 8.13. The number of hydrogen-bond acceptors (Lipinski definition) is 9. The van der Waals surface area contributed by atoms with Crippen LogP contribution >= 0.6 is 0 Å². The van der Waals surface area contributed by atoms with E-state index in [2.05, 4.69) is 48.3 Å². The van der Waals surface area contributed by atoms with Crippen molar-refractivity contribution in [3.8, 4) is 0 Å². The van der Waals surface area contributed by atoms with Crippen LogP contribution in [0.4, 0.5) is 52.7 Å². The fraction of sp³-hybridized carbons (Fsp3) is 0.824. The normalized spacial score (nSPS) is 13.5. The molecule has 0 spiro atoms. The minimum atomic E-state index is -6.72. The Kier molecular flexibility index (Phi) is 19.5.